The van der Waals surface area contributed by atoms with Crippen molar-refractivity contribution in [1.29, 1.82) is 0 Å². The Morgan fingerprint density at radius 2 is 1.95 bits per heavy atom. The van der Waals surface area contributed by atoms with Crippen LogP contribution in [0.1, 0.15) is 32.3 Å². The maximum absolute atomic E-state index is 12.1. The quantitative estimate of drug-likeness (QED) is 0.800. The molecule has 20 heavy (non-hydrogen) atoms. The van der Waals surface area contributed by atoms with E-state index in [0.29, 0.717) is 13.0 Å². The molecule has 0 heterocycles. The first-order valence-corrected chi connectivity index (χ1v) is 6.73. The molecule has 1 atom stereocenters. The molecule has 0 radical (unpaired) electrons. The number of phenols is 1. The monoisotopic (exact) mass is 279 g/mol. The van der Waals surface area contributed by atoms with E-state index >= 15 is 0 Å². The highest BCUT2D eigenvalue weighted by molar-refractivity contribution is 5.78. The van der Waals surface area contributed by atoms with Crippen molar-refractivity contribution in [2.45, 2.75) is 39.2 Å². The SMILES string of the molecule is CCN(C(=O)CCc1ccccc1O)C(C)CC(=O)O. The fraction of sp³-hybridized carbons (Fsp3) is 0.467. The minimum Gasteiger partial charge on any atom is -0.508 e. The second kappa shape index (κ2) is 7.53. The van der Waals surface area contributed by atoms with Crippen LogP contribution < -0.4 is 0 Å². The van der Waals surface area contributed by atoms with Gasteiger partial charge in [0.05, 0.1) is 6.42 Å². The predicted octanol–water partition coefficient (Wildman–Crippen LogP) is 2.04. The number of benzene rings is 1. The van der Waals surface area contributed by atoms with Gasteiger partial charge in [-0.05, 0) is 31.9 Å². The molecule has 0 bridgehead atoms. The highest BCUT2D eigenvalue weighted by atomic mass is 16.4. The van der Waals surface area contributed by atoms with Crippen LogP contribution in [0.3, 0.4) is 0 Å². The first-order chi connectivity index (χ1) is 9.45. The van der Waals surface area contributed by atoms with Crippen LogP contribution in [0.15, 0.2) is 24.3 Å². The minimum absolute atomic E-state index is 0.0594. The lowest BCUT2D eigenvalue weighted by Crippen LogP contribution is -2.39. The van der Waals surface area contributed by atoms with Crippen LogP contribution in [0.4, 0.5) is 0 Å². The van der Waals surface area contributed by atoms with Crippen LogP contribution in [-0.2, 0) is 16.0 Å². The highest BCUT2D eigenvalue weighted by Crippen LogP contribution is 2.18. The molecule has 1 aromatic rings. The van der Waals surface area contributed by atoms with E-state index in [4.69, 9.17) is 5.11 Å². The second-order valence-electron chi connectivity index (χ2n) is 4.76. The number of hydrogen-bond donors (Lipinski definition) is 2. The fourth-order valence-electron chi connectivity index (χ4n) is 2.20. The summed E-state index contributed by atoms with van der Waals surface area (Å²) in [5, 5.41) is 18.4. The predicted molar refractivity (Wildman–Crippen MR) is 75.5 cm³/mol. The Balaban J connectivity index is 2.60. The highest BCUT2D eigenvalue weighted by Gasteiger charge is 2.20. The first kappa shape index (κ1) is 16.0. The molecule has 1 unspecified atom stereocenters. The van der Waals surface area contributed by atoms with Crippen LogP contribution in [0.2, 0.25) is 0 Å². The van der Waals surface area contributed by atoms with Gasteiger partial charge < -0.3 is 15.1 Å². The van der Waals surface area contributed by atoms with E-state index in [1.54, 1.807) is 30.0 Å². The number of carbonyl (C=O) groups is 2. The number of para-hydroxylation sites is 1. The molecule has 1 amide bonds. The number of carboxylic acid groups (broad SMARTS) is 1. The summed E-state index contributed by atoms with van der Waals surface area (Å²) in [6.45, 7) is 4.04. The van der Waals surface area contributed by atoms with Crippen molar-refractivity contribution in [3.63, 3.8) is 0 Å². The van der Waals surface area contributed by atoms with E-state index < -0.39 is 5.97 Å². The van der Waals surface area contributed by atoms with Crippen LogP contribution in [0.5, 0.6) is 5.75 Å². The average molecular weight is 279 g/mol. The molecule has 1 aromatic carbocycles. The molecule has 1 rings (SSSR count). The Morgan fingerprint density at radius 3 is 2.50 bits per heavy atom. The largest absolute Gasteiger partial charge is 0.508 e. The molecule has 0 aliphatic heterocycles. The normalized spacial score (nSPS) is 11.9. The van der Waals surface area contributed by atoms with Gasteiger partial charge in [0.15, 0.2) is 0 Å². The van der Waals surface area contributed by atoms with Crippen molar-refractivity contribution in [2.24, 2.45) is 0 Å². The zero-order valence-electron chi connectivity index (χ0n) is 11.9. The second-order valence-corrected chi connectivity index (χ2v) is 4.76. The number of rotatable bonds is 7. The Kier molecular flexibility index (Phi) is 6.03. The van der Waals surface area contributed by atoms with E-state index in [1.807, 2.05) is 13.0 Å². The molecular weight excluding hydrogens is 258 g/mol. The summed E-state index contributed by atoms with van der Waals surface area (Å²) >= 11 is 0. The maximum Gasteiger partial charge on any atom is 0.305 e. The van der Waals surface area contributed by atoms with Gasteiger partial charge in [-0.2, -0.15) is 0 Å². The lowest BCUT2D eigenvalue weighted by atomic mass is 10.1. The average Bonchev–Trinajstić information content (AvgIpc) is 2.37. The zero-order chi connectivity index (χ0) is 15.1. The third kappa shape index (κ3) is 4.57. The first-order valence-electron chi connectivity index (χ1n) is 6.73. The molecule has 0 aromatic heterocycles. The standard InChI is InChI=1S/C15H21NO4/c1-3-16(11(2)10-15(19)20)14(18)9-8-12-6-4-5-7-13(12)17/h4-7,11,17H,3,8-10H2,1-2H3,(H,19,20). The third-order valence-electron chi connectivity index (χ3n) is 3.26. The number of carbonyl (C=O) groups excluding carboxylic acids is 1. The molecule has 0 saturated heterocycles. The van der Waals surface area contributed by atoms with Crippen molar-refractivity contribution in [3.05, 3.63) is 29.8 Å². The molecule has 5 nitrogen and oxygen atoms in total. The number of hydrogen-bond acceptors (Lipinski definition) is 3. The summed E-state index contributed by atoms with van der Waals surface area (Å²) in [6.07, 6.45) is 0.646. The molecule has 0 spiro atoms. The fourth-order valence-corrected chi connectivity index (χ4v) is 2.20. The summed E-state index contributed by atoms with van der Waals surface area (Å²) in [5.41, 5.74) is 0.725. The number of nitrogens with zero attached hydrogens (tertiary/aromatic N) is 1. The van der Waals surface area contributed by atoms with E-state index in [2.05, 4.69) is 0 Å². The van der Waals surface area contributed by atoms with E-state index in [-0.39, 0.29) is 30.5 Å². The summed E-state index contributed by atoms with van der Waals surface area (Å²) in [4.78, 5) is 24.4. The Morgan fingerprint density at radius 1 is 1.30 bits per heavy atom. The lowest BCUT2D eigenvalue weighted by molar-refractivity contribution is -0.140. The summed E-state index contributed by atoms with van der Waals surface area (Å²) in [7, 11) is 0. The molecule has 5 heteroatoms. The van der Waals surface area contributed by atoms with Gasteiger partial charge in [-0.3, -0.25) is 9.59 Å². The Hall–Kier alpha value is -2.04. The number of aromatic hydroxyl groups is 1. The van der Waals surface area contributed by atoms with Crippen LogP contribution in [0, 0.1) is 0 Å². The Labute approximate surface area is 118 Å². The smallest absolute Gasteiger partial charge is 0.305 e. The van der Waals surface area contributed by atoms with Gasteiger partial charge in [-0.15, -0.1) is 0 Å². The van der Waals surface area contributed by atoms with Gasteiger partial charge >= 0.3 is 5.97 Å². The van der Waals surface area contributed by atoms with Crippen molar-refractivity contribution in [2.75, 3.05) is 6.54 Å². The summed E-state index contributed by atoms with van der Waals surface area (Å²) < 4.78 is 0. The summed E-state index contributed by atoms with van der Waals surface area (Å²) in [5.74, 6) is -0.823. The van der Waals surface area contributed by atoms with Gasteiger partial charge in [-0.25, -0.2) is 0 Å². The van der Waals surface area contributed by atoms with Gasteiger partial charge in [0.2, 0.25) is 5.91 Å². The molecule has 2 N–H and O–H groups in total. The molecule has 0 saturated carbocycles. The van der Waals surface area contributed by atoms with Gasteiger partial charge in [-0.1, -0.05) is 18.2 Å². The molecule has 0 aliphatic carbocycles. The topological polar surface area (TPSA) is 77.8 Å². The molecule has 0 fully saturated rings. The molecule has 0 aliphatic rings. The number of amides is 1. The Bertz CT molecular complexity index is 473. The number of aliphatic carboxylic acids is 1. The van der Waals surface area contributed by atoms with E-state index in [9.17, 15) is 14.7 Å². The van der Waals surface area contributed by atoms with Gasteiger partial charge in [0.25, 0.3) is 0 Å². The van der Waals surface area contributed by atoms with Crippen molar-refractivity contribution >= 4 is 11.9 Å². The van der Waals surface area contributed by atoms with Crippen molar-refractivity contribution in [1.82, 2.24) is 4.90 Å². The number of carboxylic acids is 1. The van der Waals surface area contributed by atoms with E-state index in [1.165, 1.54) is 0 Å². The van der Waals surface area contributed by atoms with Crippen molar-refractivity contribution < 1.29 is 19.8 Å². The van der Waals surface area contributed by atoms with Crippen LogP contribution >= 0.6 is 0 Å². The third-order valence-corrected chi connectivity index (χ3v) is 3.26. The molecular formula is C15H21NO4. The van der Waals surface area contributed by atoms with Crippen molar-refractivity contribution in [3.8, 4) is 5.75 Å². The van der Waals surface area contributed by atoms with Gasteiger partial charge in [0.1, 0.15) is 5.75 Å². The lowest BCUT2D eigenvalue weighted by Gasteiger charge is -2.27. The van der Waals surface area contributed by atoms with E-state index in [0.717, 1.165) is 5.56 Å². The number of aryl methyl sites for hydroxylation is 1. The van der Waals surface area contributed by atoms with Gasteiger partial charge in [0, 0.05) is 19.0 Å². The summed E-state index contributed by atoms with van der Waals surface area (Å²) in [6, 6.07) is 6.58. The van der Waals surface area contributed by atoms with Crippen LogP contribution in [-0.4, -0.2) is 39.6 Å². The number of phenolic OH excluding ortho intramolecular Hbond substituents is 1. The zero-order valence-corrected chi connectivity index (χ0v) is 11.9. The maximum atomic E-state index is 12.1. The minimum atomic E-state index is -0.913. The van der Waals surface area contributed by atoms with Crippen LogP contribution in [0.25, 0.3) is 0 Å². The molecule has 110 valence electrons.